The van der Waals surface area contributed by atoms with Crippen molar-refractivity contribution >= 4 is 18.0 Å². The molecular formula is C14H19N3O2. The maximum absolute atomic E-state index is 11.3. The van der Waals surface area contributed by atoms with Crippen LogP contribution in [0.15, 0.2) is 29.4 Å². The van der Waals surface area contributed by atoms with Crippen molar-refractivity contribution in [1.29, 1.82) is 0 Å². The molecule has 0 saturated carbocycles. The van der Waals surface area contributed by atoms with Crippen LogP contribution in [0.4, 0.5) is 0 Å². The van der Waals surface area contributed by atoms with Gasteiger partial charge < -0.3 is 5.32 Å². The van der Waals surface area contributed by atoms with E-state index in [1.54, 1.807) is 0 Å². The number of hydrogen-bond donors (Lipinski definition) is 2. The van der Waals surface area contributed by atoms with E-state index in [-0.39, 0.29) is 0 Å². The normalized spacial score (nSPS) is 10.4. The van der Waals surface area contributed by atoms with E-state index in [0.717, 1.165) is 24.0 Å². The van der Waals surface area contributed by atoms with Gasteiger partial charge in [0.05, 0.1) is 6.21 Å². The van der Waals surface area contributed by atoms with Gasteiger partial charge in [-0.3, -0.25) is 9.59 Å². The molecule has 2 amide bonds. The Kier molecular flexibility index (Phi) is 6.29. The number of rotatable bonds is 5. The zero-order valence-electron chi connectivity index (χ0n) is 11.3. The Morgan fingerprint density at radius 3 is 2.53 bits per heavy atom. The Morgan fingerprint density at radius 2 is 1.89 bits per heavy atom. The number of hydrazone groups is 1. The highest BCUT2D eigenvalue weighted by molar-refractivity contribution is 6.35. The number of amides is 2. The molecule has 5 nitrogen and oxygen atoms in total. The molecule has 1 aromatic rings. The third-order valence-electron chi connectivity index (χ3n) is 2.48. The third-order valence-corrected chi connectivity index (χ3v) is 2.48. The van der Waals surface area contributed by atoms with Crippen molar-refractivity contribution in [2.45, 2.75) is 26.7 Å². The van der Waals surface area contributed by atoms with Crippen LogP contribution in [0.2, 0.25) is 0 Å². The molecule has 0 aliphatic rings. The van der Waals surface area contributed by atoms with Crippen molar-refractivity contribution in [3.05, 3.63) is 35.4 Å². The highest BCUT2D eigenvalue weighted by atomic mass is 16.2. The summed E-state index contributed by atoms with van der Waals surface area (Å²) in [6.07, 6.45) is 3.32. The molecule has 0 bridgehead atoms. The second-order valence-corrected chi connectivity index (χ2v) is 4.22. The molecule has 0 radical (unpaired) electrons. The monoisotopic (exact) mass is 261 g/mol. The second-order valence-electron chi connectivity index (χ2n) is 4.22. The standard InChI is InChI=1S/C14H19N3O2/c1-3-4-9-15-13(18)14(19)17-16-10-12-7-5-11(2)6-8-12/h5-8,10H,3-4,9H2,1-2H3,(H,15,18)(H,17,19)/b16-10+. The first-order valence-electron chi connectivity index (χ1n) is 6.31. The van der Waals surface area contributed by atoms with Crippen molar-refractivity contribution in [3.63, 3.8) is 0 Å². The van der Waals surface area contributed by atoms with Crippen LogP contribution < -0.4 is 10.7 Å². The summed E-state index contributed by atoms with van der Waals surface area (Å²) in [7, 11) is 0. The zero-order chi connectivity index (χ0) is 14.1. The average Bonchev–Trinajstić information content (AvgIpc) is 2.41. The van der Waals surface area contributed by atoms with Crippen LogP contribution in [-0.4, -0.2) is 24.6 Å². The first kappa shape index (κ1) is 14.9. The molecule has 0 aromatic heterocycles. The van der Waals surface area contributed by atoms with Gasteiger partial charge in [0.2, 0.25) is 0 Å². The van der Waals surface area contributed by atoms with Gasteiger partial charge in [-0.2, -0.15) is 5.10 Å². The minimum absolute atomic E-state index is 0.504. The summed E-state index contributed by atoms with van der Waals surface area (Å²) in [6, 6.07) is 7.65. The molecule has 1 rings (SSSR count). The van der Waals surface area contributed by atoms with Gasteiger partial charge in [0.15, 0.2) is 0 Å². The van der Waals surface area contributed by atoms with E-state index >= 15 is 0 Å². The largest absolute Gasteiger partial charge is 0.348 e. The van der Waals surface area contributed by atoms with Crippen LogP contribution in [-0.2, 0) is 9.59 Å². The molecule has 0 heterocycles. The molecule has 2 N–H and O–H groups in total. The van der Waals surface area contributed by atoms with Gasteiger partial charge in [0.25, 0.3) is 0 Å². The van der Waals surface area contributed by atoms with Crippen molar-refractivity contribution in [2.75, 3.05) is 6.54 Å². The molecule has 0 aliphatic carbocycles. The van der Waals surface area contributed by atoms with Gasteiger partial charge in [0.1, 0.15) is 0 Å². The number of aryl methyl sites for hydroxylation is 1. The first-order chi connectivity index (χ1) is 9.13. The summed E-state index contributed by atoms with van der Waals surface area (Å²) in [5.41, 5.74) is 4.20. The van der Waals surface area contributed by atoms with Gasteiger partial charge in [-0.25, -0.2) is 5.43 Å². The van der Waals surface area contributed by atoms with Crippen LogP contribution in [0.1, 0.15) is 30.9 Å². The van der Waals surface area contributed by atoms with Gasteiger partial charge in [-0.05, 0) is 18.9 Å². The molecule has 102 valence electrons. The number of carbonyl (C=O) groups excluding carboxylic acids is 2. The lowest BCUT2D eigenvalue weighted by Gasteiger charge is -2.02. The first-order valence-corrected chi connectivity index (χ1v) is 6.31. The number of hydrogen-bond acceptors (Lipinski definition) is 3. The average molecular weight is 261 g/mol. The molecule has 0 atom stereocenters. The third kappa shape index (κ3) is 5.81. The smallest absolute Gasteiger partial charge is 0.329 e. The summed E-state index contributed by atoms with van der Waals surface area (Å²) in [4.78, 5) is 22.7. The number of carbonyl (C=O) groups is 2. The van der Waals surface area contributed by atoms with Crippen LogP contribution >= 0.6 is 0 Å². The lowest BCUT2D eigenvalue weighted by Crippen LogP contribution is -2.38. The lowest BCUT2D eigenvalue weighted by atomic mass is 10.2. The lowest BCUT2D eigenvalue weighted by molar-refractivity contribution is -0.139. The van der Waals surface area contributed by atoms with Crippen molar-refractivity contribution in [1.82, 2.24) is 10.7 Å². The van der Waals surface area contributed by atoms with E-state index in [1.807, 2.05) is 38.1 Å². The molecule has 5 heteroatoms. The number of benzene rings is 1. The van der Waals surface area contributed by atoms with E-state index < -0.39 is 11.8 Å². The molecule has 1 aromatic carbocycles. The Hall–Kier alpha value is -2.17. The summed E-state index contributed by atoms with van der Waals surface area (Å²) in [5, 5.41) is 6.25. The molecule has 0 fully saturated rings. The van der Waals surface area contributed by atoms with E-state index in [2.05, 4.69) is 15.8 Å². The fourth-order valence-corrected chi connectivity index (χ4v) is 1.33. The summed E-state index contributed by atoms with van der Waals surface area (Å²) in [6.45, 7) is 4.51. The van der Waals surface area contributed by atoms with Crippen LogP contribution in [0.3, 0.4) is 0 Å². The minimum atomic E-state index is -0.750. The van der Waals surface area contributed by atoms with Crippen molar-refractivity contribution < 1.29 is 9.59 Å². The Morgan fingerprint density at radius 1 is 1.21 bits per heavy atom. The van der Waals surface area contributed by atoms with Crippen LogP contribution in [0.25, 0.3) is 0 Å². The van der Waals surface area contributed by atoms with Gasteiger partial charge in [-0.1, -0.05) is 43.2 Å². The number of nitrogens with zero attached hydrogens (tertiary/aromatic N) is 1. The summed E-state index contributed by atoms with van der Waals surface area (Å²) < 4.78 is 0. The molecule has 0 unspecified atom stereocenters. The van der Waals surface area contributed by atoms with E-state index in [4.69, 9.17) is 0 Å². The zero-order valence-corrected chi connectivity index (χ0v) is 11.3. The molecule has 0 aliphatic heterocycles. The Balaban J connectivity index is 2.36. The Bertz CT molecular complexity index is 452. The van der Waals surface area contributed by atoms with Gasteiger partial charge >= 0.3 is 11.8 Å². The predicted molar refractivity (Wildman–Crippen MR) is 74.8 cm³/mol. The number of nitrogens with one attached hydrogen (secondary N) is 2. The van der Waals surface area contributed by atoms with Crippen molar-refractivity contribution in [2.24, 2.45) is 5.10 Å². The van der Waals surface area contributed by atoms with Crippen molar-refractivity contribution in [3.8, 4) is 0 Å². The number of unbranched alkanes of at least 4 members (excludes halogenated alkanes) is 1. The SMILES string of the molecule is CCCCNC(=O)C(=O)N/N=C/c1ccc(C)cc1. The maximum Gasteiger partial charge on any atom is 0.329 e. The Labute approximate surface area is 113 Å². The fraction of sp³-hybridized carbons (Fsp3) is 0.357. The molecular weight excluding hydrogens is 242 g/mol. The fourth-order valence-electron chi connectivity index (χ4n) is 1.33. The minimum Gasteiger partial charge on any atom is -0.348 e. The predicted octanol–water partition coefficient (Wildman–Crippen LogP) is 1.36. The highest BCUT2D eigenvalue weighted by Gasteiger charge is 2.10. The molecule has 0 spiro atoms. The topological polar surface area (TPSA) is 70.6 Å². The quantitative estimate of drug-likeness (QED) is 0.363. The molecule has 0 saturated heterocycles. The van der Waals surface area contributed by atoms with Gasteiger partial charge in [0, 0.05) is 6.54 Å². The van der Waals surface area contributed by atoms with Crippen LogP contribution in [0.5, 0.6) is 0 Å². The molecule has 19 heavy (non-hydrogen) atoms. The van der Waals surface area contributed by atoms with Crippen LogP contribution in [0, 0.1) is 6.92 Å². The van der Waals surface area contributed by atoms with E-state index in [0.29, 0.717) is 6.54 Å². The summed E-state index contributed by atoms with van der Waals surface area (Å²) >= 11 is 0. The van der Waals surface area contributed by atoms with E-state index in [1.165, 1.54) is 6.21 Å². The van der Waals surface area contributed by atoms with E-state index in [9.17, 15) is 9.59 Å². The van der Waals surface area contributed by atoms with Gasteiger partial charge in [-0.15, -0.1) is 0 Å². The maximum atomic E-state index is 11.3. The highest BCUT2D eigenvalue weighted by Crippen LogP contribution is 1.99. The second kappa shape index (κ2) is 8.02. The summed E-state index contributed by atoms with van der Waals surface area (Å²) in [5.74, 6) is -1.41.